The first-order valence-electron chi connectivity index (χ1n) is 15.5. The molecule has 0 rings (SSSR count). The Morgan fingerprint density at radius 2 is 1.00 bits per heavy atom. The summed E-state index contributed by atoms with van der Waals surface area (Å²) in [5.41, 5.74) is 0. The van der Waals surface area contributed by atoms with Gasteiger partial charge in [-0.3, -0.25) is 4.79 Å². The Morgan fingerprint density at radius 1 is 0.559 bits per heavy atom. The highest BCUT2D eigenvalue weighted by molar-refractivity contribution is 5.79. The number of unbranched alkanes of at least 4 members (excludes halogenated alkanes) is 12. The van der Waals surface area contributed by atoms with Gasteiger partial charge in [-0.25, -0.2) is 0 Å². The third-order valence-electron chi connectivity index (χ3n) is 7.51. The Morgan fingerprint density at radius 3 is 1.47 bits per heavy atom. The number of rotatable bonds is 25. The van der Waals surface area contributed by atoms with E-state index in [0.29, 0.717) is 11.9 Å². The fraction of sp³-hybridized carbons (Fsp3) is 0.968. The zero-order valence-corrected chi connectivity index (χ0v) is 24.5. The van der Waals surface area contributed by atoms with E-state index in [1.165, 1.54) is 109 Å². The van der Waals surface area contributed by atoms with Crippen molar-refractivity contribution in [3.05, 3.63) is 0 Å². The van der Waals surface area contributed by atoms with E-state index in [1.54, 1.807) is 0 Å². The molecule has 1 unspecified atom stereocenters. The standard InChI is InChI=1S/C31H64N2O/c1-7-11-14-16-18-21-25-30(26-22-19-17-15-12-8-2)33(28-23-27-32(5)6)31(34)29(10-4)24-20-13-9-3/h29-30H,7-28H2,1-6H3. The number of hydrogen-bond acceptors (Lipinski definition) is 2. The second kappa shape index (κ2) is 24.1. The fourth-order valence-electron chi connectivity index (χ4n) is 5.18. The summed E-state index contributed by atoms with van der Waals surface area (Å²) in [7, 11) is 4.30. The van der Waals surface area contributed by atoms with Crippen LogP contribution in [0.1, 0.15) is 156 Å². The summed E-state index contributed by atoms with van der Waals surface area (Å²) in [6, 6.07) is 0.451. The first-order chi connectivity index (χ1) is 16.5. The molecule has 204 valence electrons. The second-order valence-corrected chi connectivity index (χ2v) is 11.1. The normalized spacial score (nSPS) is 12.6. The maximum absolute atomic E-state index is 13.8. The van der Waals surface area contributed by atoms with Crippen molar-refractivity contribution >= 4 is 5.91 Å². The van der Waals surface area contributed by atoms with Gasteiger partial charge in [0.05, 0.1) is 0 Å². The predicted octanol–water partition coefficient (Wildman–Crippen LogP) is 9.24. The molecular formula is C31H64N2O. The van der Waals surface area contributed by atoms with E-state index in [0.717, 1.165) is 32.4 Å². The third-order valence-corrected chi connectivity index (χ3v) is 7.51. The number of carbonyl (C=O) groups is 1. The van der Waals surface area contributed by atoms with Crippen LogP contribution in [0.4, 0.5) is 0 Å². The van der Waals surface area contributed by atoms with E-state index in [4.69, 9.17) is 0 Å². The molecule has 0 spiro atoms. The molecule has 3 nitrogen and oxygen atoms in total. The van der Waals surface area contributed by atoms with Crippen molar-refractivity contribution in [2.45, 2.75) is 162 Å². The Labute approximate surface area is 215 Å². The van der Waals surface area contributed by atoms with Crippen molar-refractivity contribution in [3.8, 4) is 0 Å². The molecule has 0 bridgehead atoms. The molecule has 1 atom stereocenters. The monoisotopic (exact) mass is 481 g/mol. The van der Waals surface area contributed by atoms with Gasteiger partial charge in [-0.1, -0.05) is 124 Å². The molecule has 0 aromatic carbocycles. The van der Waals surface area contributed by atoms with E-state index < -0.39 is 0 Å². The number of carbonyl (C=O) groups excluding carboxylic acids is 1. The lowest BCUT2D eigenvalue weighted by molar-refractivity contribution is -0.139. The van der Waals surface area contributed by atoms with E-state index in [2.05, 4.69) is 51.6 Å². The van der Waals surface area contributed by atoms with Crippen LogP contribution < -0.4 is 0 Å². The van der Waals surface area contributed by atoms with Crippen LogP contribution in [0.5, 0.6) is 0 Å². The van der Waals surface area contributed by atoms with Gasteiger partial charge >= 0.3 is 0 Å². The van der Waals surface area contributed by atoms with Crippen LogP contribution >= 0.6 is 0 Å². The van der Waals surface area contributed by atoms with Gasteiger partial charge in [0.15, 0.2) is 0 Å². The van der Waals surface area contributed by atoms with E-state index in [-0.39, 0.29) is 5.92 Å². The largest absolute Gasteiger partial charge is 0.339 e. The lowest BCUT2D eigenvalue weighted by Crippen LogP contribution is -2.45. The second-order valence-electron chi connectivity index (χ2n) is 11.1. The first-order valence-corrected chi connectivity index (χ1v) is 15.5. The molecule has 0 aliphatic carbocycles. The van der Waals surface area contributed by atoms with Gasteiger partial charge in [0, 0.05) is 18.5 Å². The van der Waals surface area contributed by atoms with E-state index in [1.807, 2.05) is 0 Å². The maximum atomic E-state index is 13.8. The molecule has 0 fully saturated rings. The van der Waals surface area contributed by atoms with Crippen LogP contribution in [0.25, 0.3) is 0 Å². The highest BCUT2D eigenvalue weighted by Gasteiger charge is 2.28. The highest BCUT2D eigenvalue weighted by Crippen LogP contribution is 2.24. The zero-order chi connectivity index (χ0) is 25.4. The molecule has 0 heterocycles. The maximum Gasteiger partial charge on any atom is 0.225 e. The summed E-state index contributed by atoms with van der Waals surface area (Å²) in [6.07, 6.45) is 25.3. The van der Waals surface area contributed by atoms with Crippen LogP contribution in [0.2, 0.25) is 0 Å². The van der Waals surface area contributed by atoms with Gasteiger partial charge in [0.1, 0.15) is 0 Å². The van der Waals surface area contributed by atoms with Gasteiger partial charge in [0.2, 0.25) is 5.91 Å². The molecule has 0 aromatic heterocycles. The van der Waals surface area contributed by atoms with Gasteiger partial charge in [-0.05, 0) is 52.7 Å². The smallest absolute Gasteiger partial charge is 0.225 e. The quantitative estimate of drug-likeness (QED) is 0.122. The average Bonchev–Trinajstić information content (AvgIpc) is 2.82. The molecular weight excluding hydrogens is 416 g/mol. The number of amides is 1. The SMILES string of the molecule is CCCCCCCCC(CCCCCCCC)N(CCCN(C)C)C(=O)C(CC)CCCCC. The van der Waals surface area contributed by atoms with E-state index in [9.17, 15) is 4.79 Å². The van der Waals surface area contributed by atoms with Crippen LogP contribution in [-0.2, 0) is 4.79 Å². The summed E-state index contributed by atoms with van der Waals surface area (Å²) >= 11 is 0. The molecule has 0 radical (unpaired) electrons. The Balaban J connectivity index is 5.20. The summed E-state index contributed by atoms with van der Waals surface area (Å²) in [6.45, 7) is 11.1. The third kappa shape index (κ3) is 17.8. The van der Waals surface area contributed by atoms with Crippen LogP contribution in [-0.4, -0.2) is 48.9 Å². The van der Waals surface area contributed by atoms with Gasteiger partial charge in [0.25, 0.3) is 0 Å². The van der Waals surface area contributed by atoms with Crippen molar-refractivity contribution in [2.75, 3.05) is 27.2 Å². The molecule has 0 N–H and O–H groups in total. The summed E-state index contributed by atoms with van der Waals surface area (Å²) < 4.78 is 0. The Kier molecular flexibility index (Phi) is 23.7. The van der Waals surface area contributed by atoms with Crippen molar-refractivity contribution in [1.29, 1.82) is 0 Å². The van der Waals surface area contributed by atoms with Crippen molar-refractivity contribution < 1.29 is 4.79 Å². The van der Waals surface area contributed by atoms with Crippen molar-refractivity contribution in [1.82, 2.24) is 9.80 Å². The lowest BCUT2D eigenvalue weighted by Gasteiger charge is -2.35. The van der Waals surface area contributed by atoms with Crippen LogP contribution in [0.15, 0.2) is 0 Å². The first kappa shape index (κ1) is 33.4. The average molecular weight is 481 g/mol. The van der Waals surface area contributed by atoms with Crippen LogP contribution in [0.3, 0.4) is 0 Å². The molecule has 0 saturated carbocycles. The molecule has 0 aliphatic heterocycles. The fourth-order valence-corrected chi connectivity index (χ4v) is 5.18. The minimum Gasteiger partial charge on any atom is -0.339 e. The molecule has 34 heavy (non-hydrogen) atoms. The molecule has 1 amide bonds. The highest BCUT2D eigenvalue weighted by atomic mass is 16.2. The summed E-state index contributed by atoms with van der Waals surface area (Å²) in [5.74, 6) is 0.696. The molecule has 0 aliphatic rings. The molecule has 0 saturated heterocycles. The zero-order valence-electron chi connectivity index (χ0n) is 24.5. The van der Waals surface area contributed by atoms with Gasteiger partial charge in [-0.2, -0.15) is 0 Å². The van der Waals surface area contributed by atoms with E-state index >= 15 is 0 Å². The summed E-state index contributed by atoms with van der Waals surface area (Å²) in [4.78, 5) is 18.5. The Hall–Kier alpha value is -0.570. The topological polar surface area (TPSA) is 23.6 Å². The lowest BCUT2D eigenvalue weighted by atomic mass is 9.93. The van der Waals surface area contributed by atoms with Gasteiger partial charge < -0.3 is 9.80 Å². The van der Waals surface area contributed by atoms with Gasteiger partial charge in [-0.15, -0.1) is 0 Å². The van der Waals surface area contributed by atoms with Crippen molar-refractivity contribution in [3.63, 3.8) is 0 Å². The minimum absolute atomic E-state index is 0.225. The minimum atomic E-state index is 0.225. The Bertz CT molecular complexity index is 421. The predicted molar refractivity (Wildman–Crippen MR) is 153 cm³/mol. The van der Waals surface area contributed by atoms with Crippen molar-refractivity contribution in [2.24, 2.45) is 5.92 Å². The molecule has 3 heteroatoms. The summed E-state index contributed by atoms with van der Waals surface area (Å²) in [5, 5.41) is 0. The van der Waals surface area contributed by atoms with Crippen LogP contribution in [0, 0.1) is 5.92 Å². The molecule has 0 aromatic rings. The number of hydrogen-bond donors (Lipinski definition) is 0. The number of nitrogens with zero attached hydrogens (tertiary/aromatic N) is 2.